The van der Waals surface area contributed by atoms with E-state index >= 15 is 0 Å². The maximum absolute atomic E-state index is 4.33. The van der Waals surface area contributed by atoms with Crippen molar-refractivity contribution < 1.29 is 0 Å². The minimum atomic E-state index is 0.611. The molecule has 2 atom stereocenters. The molecule has 2 unspecified atom stereocenters. The smallest absolute Gasteiger partial charge is 0.00926 e. The van der Waals surface area contributed by atoms with Crippen LogP contribution in [0.15, 0.2) is 0 Å². The Bertz CT molecular complexity index is 118. The highest BCUT2D eigenvalue weighted by molar-refractivity contribution is 7.80. The minimum Gasteiger partial charge on any atom is -0.179 e. The highest BCUT2D eigenvalue weighted by Crippen LogP contribution is 2.43. The molecule has 0 aromatic rings. The second-order valence-electron chi connectivity index (χ2n) is 4.27. The van der Waals surface area contributed by atoms with Gasteiger partial charge in [-0.05, 0) is 29.9 Å². The lowest BCUT2D eigenvalue weighted by molar-refractivity contribution is 0.126. The highest BCUT2D eigenvalue weighted by atomic mass is 32.1. The zero-order valence-electron chi connectivity index (χ0n) is 7.77. The molecule has 1 aliphatic rings. The summed E-state index contributed by atoms with van der Waals surface area (Å²) in [7, 11) is 0. The van der Waals surface area contributed by atoms with Crippen molar-refractivity contribution in [1.82, 2.24) is 0 Å². The fraction of sp³-hybridized carbons (Fsp3) is 1.00. The monoisotopic (exact) mass is 172 g/mol. The van der Waals surface area contributed by atoms with Crippen molar-refractivity contribution >= 4 is 12.6 Å². The first-order valence-electron chi connectivity index (χ1n) is 4.80. The van der Waals surface area contributed by atoms with E-state index in [-0.39, 0.29) is 0 Å². The third-order valence-electron chi connectivity index (χ3n) is 3.51. The van der Waals surface area contributed by atoms with Crippen LogP contribution in [0.25, 0.3) is 0 Å². The molecule has 0 spiro atoms. The van der Waals surface area contributed by atoms with Gasteiger partial charge in [0.25, 0.3) is 0 Å². The van der Waals surface area contributed by atoms with Crippen LogP contribution in [0.2, 0.25) is 0 Å². The molecule has 66 valence electrons. The lowest BCUT2D eigenvalue weighted by atomic mass is 9.67. The average Bonchev–Trinajstić information content (AvgIpc) is 1.96. The number of hydrogen-bond acceptors (Lipinski definition) is 1. The fourth-order valence-corrected chi connectivity index (χ4v) is 2.71. The molecule has 0 bridgehead atoms. The Morgan fingerprint density at radius 3 is 2.73 bits per heavy atom. The molecule has 0 aromatic carbocycles. The van der Waals surface area contributed by atoms with Crippen LogP contribution in [0.4, 0.5) is 0 Å². The molecular formula is C10H20S. The standard InChI is InChI=1S/C10H20S/c1-9-5-3-4-6-10(9,2)7-8-11/h9,11H,3-8H2,1-2H3. The lowest BCUT2D eigenvalue weighted by Gasteiger charge is -2.39. The van der Waals surface area contributed by atoms with Crippen LogP contribution in [0.1, 0.15) is 46.0 Å². The normalized spacial score (nSPS) is 39.0. The van der Waals surface area contributed by atoms with Crippen LogP contribution < -0.4 is 0 Å². The van der Waals surface area contributed by atoms with Gasteiger partial charge < -0.3 is 0 Å². The molecule has 0 aliphatic heterocycles. The van der Waals surface area contributed by atoms with E-state index in [2.05, 4.69) is 26.5 Å². The van der Waals surface area contributed by atoms with E-state index in [1.165, 1.54) is 32.1 Å². The molecular weight excluding hydrogens is 152 g/mol. The summed E-state index contributed by atoms with van der Waals surface area (Å²) in [5.74, 6) is 1.98. The molecule has 0 saturated heterocycles. The van der Waals surface area contributed by atoms with Gasteiger partial charge in [0, 0.05) is 0 Å². The van der Waals surface area contributed by atoms with Gasteiger partial charge in [0.05, 0.1) is 0 Å². The third kappa shape index (κ3) is 2.14. The molecule has 0 N–H and O–H groups in total. The maximum atomic E-state index is 4.33. The first-order valence-corrected chi connectivity index (χ1v) is 5.43. The highest BCUT2D eigenvalue weighted by Gasteiger charge is 2.32. The minimum absolute atomic E-state index is 0.611. The van der Waals surface area contributed by atoms with Crippen molar-refractivity contribution in [2.24, 2.45) is 11.3 Å². The SMILES string of the molecule is CC1CCCCC1(C)CCS. The van der Waals surface area contributed by atoms with Gasteiger partial charge in [0.15, 0.2) is 0 Å². The summed E-state index contributed by atoms with van der Waals surface area (Å²) in [6.45, 7) is 4.84. The van der Waals surface area contributed by atoms with E-state index in [4.69, 9.17) is 0 Å². The molecule has 1 rings (SSSR count). The predicted octanol–water partition coefficient (Wildman–Crippen LogP) is 3.52. The van der Waals surface area contributed by atoms with Gasteiger partial charge in [-0.3, -0.25) is 0 Å². The van der Waals surface area contributed by atoms with E-state index in [0.717, 1.165) is 11.7 Å². The molecule has 11 heavy (non-hydrogen) atoms. The molecule has 1 saturated carbocycles. The average molecular weight is 172 g/mol. The van der Waals surface area contributed by atoms with Crippen LogP contribution >= 0.6 is 12.6 Å². The van der Waals surface area contributed by atoms with Gasteiger partial charge in [0.1, 0.15) is 0 Å². The second kappa shape index (κ2) is 3.84. The topological polar surface area (TPSA) is 0 Å². The molecule has 0 radical (unpaired) electrons. The van der Waals surface area contributed by atoms with E-state index in [0.29, 0.717) is 5.41 Å². The Balaban J connectivity index is 2.49. The van der Waals surface area contributed by atoms with Crippen LogP contribution in [0.3, 0.4) is 0 Å². The van der Waals surface area contributed by atoms with Gasteiger partial charge >= 0.3 is 0 Å². The number of rotatable bonds is 2. The summed E-state index contributed by atoms with van der Waals surface area (Å²) in [6, 6.07) is 0. The first kappa shape index (κ1) is 9.44. The van der Waals surface area contributed by atoms with Crippen LogP contribution in [0.5, 0.6) is 0 Å². The molecule has 0 heterocycles. The zero-order chi connectivity index (χ0) is 8.32. The Hall–Kier alpha value is 0.350. The molecule has 0 amide bonds. The van der Waals surface area contributed by atoms with Crippen molar-refractivity contribution in [2.45, 2.75) is 46.0 Å². The summed E-state index contributed by atoms with van der Waals surface area (Å²) < 4.78 is 0. The van der Waals surface area contributed by atoms with Gasteiger partial charge in [-0.15, -0.1) is 0 Å². The Labute approximate surface area is 76.2 Å². The largest absolute Gasteiger partial charge is 0.179 e. The van der Waals surface area contributed by atoms with E-state index < -0.39 is 0 Å². The van der Waals surface area contributed by atoms with E-state index in [9.17, 15) is 0 Å². The van der Waals surface area contributed by atoms with E-state index in [1.807, 2.05) is 0 Å². The van der Waals surface area contributed by atoms with Gasteiger partial charge in [-0.1, -0.05) is 33.1 Å². The molecule has 1 fully saturated rings. The van der Waals surface area contributed by atoms with Crippen molar-refractivity contribution in [2.75, 3.05) is 5.75 Å². The quantitative estimate of drug-likeness (QED) is 0.605. The zero-order valence-corrected chi connectivity index (χ0v) is 8.66. The summed E-state index contributed by atoms with van der Waals surface area (Å²) in [5, 5.41) is 0. The third-order valence-corrected chi connectivity index (χ3v) is 3.73. The van der Waals surface area contributed by atoms with Crippen LogP contribution in [-0.2, 0) is 0 Å². The number of hydrogen-bond donors (Lipinski definition) is 1. The summed E-state index contributed by atoms with van der Waals surface area (Å²) in [6.07, 6.45) is 7.05. The summed E-state index contributed by atoms with van der Waals surface area (Å²) in [5.41, 5.74) is 0.611. The van der Waals surface area contributed by atoms with Crippen molar-refractivity contribution in [1.29, 1.82) is 0 Å². The number of thiol groups is 1. The molecule has 0 nitrogen and oxygen atoms in total. The second-order valence-corrected chi connectivity index (χ2v) is 4.72. The Morgan fingerprint density at radius 1 is 1.45 bits per heavy atom. The molecule has 1 heteroatoms. The molecule has 0 aromatic heterocycles. The predicted molar refractivity (Wildman–Crippen MR) is 54.2 cm³/mol. The van der Waals surface area contributed by atoms with Gasteiger partial charge in [0.2, 0.25) is 0 Å². The lowest BCUT2D eigenvalue weighted by Crippen LogP contribution is -2.29. The molecule has 1 aliphatic carbocycles. The summed E-state index contributed by atoms with van der Waals surface area (Å²) in [4.78, 5) is 0. The Kier molecular flexibility index (Phi) is 3.29. The van der Waals surface area contributed by atoms with Crippen molar-refractivity contribution in [3.63, 3.8) is 0 Å². The first-order chi connectivity index (χ1) is 5.19. The van der Waals surface area contributed by atoms with Crippen LogP contribution in [-0.4, -0.2) is 5.75 Å². The van der Waals surface area contributed by atoms with Crippen molar-refractivity contribution in [3.8, 4) is 0 Å². The van der Waals surface area contributed by atoms with Gasteiger partial charge in [-0.25, -0.2) is 0 Å². The van der Waals surface area contributed by atoms with E-state index in [1.54, 1.807) is 0 Å². The van der Waals surface area contributed by atoms with Crippen LogP contribution in [0, 0.1) is 11.3 Å². The Morgan fingerprint density at radius 2 is 2.18 bits per heavy atom. The fourth-order valence-electron chi connectivity index (χ4n) is 2.20. The van der Waals surface area contributed by atoms with Crippen molar-refractivity contribution in [3.05, 3.63) is 0 Å². The maximum Gasteiger partial charge on any atom is -0.00926 e. The van der Waals surface area contributed by atoms with Gasteiger partial charge in [-0.2, -0.15) is 12.6 Å². The summed E-state index contributed by atoms with van der Waals surface area (Å²) >= 11 is 4.33.